The molecule has 5 N–H and O–H groups in total. The van der Waals surface area contributed by atoms with Crippen LogP contribution in [0, 0.1) is 5.41 Å². The van der Waals surface area contributed by atoms with Gasteiger partial charge in [-0.15, -0.1) is 0 Å². The van der Waals surface area contributed by atoms with Gasteiger partial charge in [-0.3, -0.25) is 34.2 Å². The van der Waals surface area contributed by atoms with Crippen LogP contribution in [-0.2, 0) is 19.2 Å². The third kappa shape index (κ3) is 10.0. The zero-order valence-electron chi connectivity index (χ0n) is 34.6. The zero-order chi connectivity index (χ0) is 43.3. The van der Waals surface area contributed by atoms with Gasteiger partial charge in [-0.1, -0.05) is 12.8 Å². The Morgan fingerprint density at radius 1 is 1.02 bits per heavy atom. The van der Waals surface area contributed by atoms with Crippen LogP contribution in [0.25, 0.3) is 0 Å². The molecule has 5 amide bonds. The maximum absolute atomic E-state index is 15.0. The number of halogens is 2. The third-order valence-electron chi connectivity index (χ3n) is 12.2. The Hall–Kier alpha value is -5.92. The SMILES string of the molecule is COc1cc(C(=O)NC2CCN(C(=O)CCN3CCN(/C(C=N)=C/NC4CCC(=O)NC4=O)CC3)CC2)ccc1Nc1ncc2c(n1)N(C1CCCC1)CC(F)(F)C(=O)N2C. The molecule has 1 unspecified atom stereocenters. The molecule has 61 heavy (non-hydrogen) atoms. The van der Waals surface area contributed by atoms with E-state index in [9.17, 15) is 24.0 Å². The molecule has 2 aromatic rings. The van der Waals surface area contributed by atoms with E-state index < -0.39 is 24.4 Å². The fourth-order valence-electron chi connectivity index (χ4n) is 8.61. The maximum atomic E-state index is 15.0. The molecule has 1 atom stereocenters. The lowest BCUT2D eigenvalue weighted by atomic mass is 10.0. The smallest absolute Gasteiger partial charge is 0.342 e. The van der Waals surface area contributed by atoms with Crippen molar-refractivity contribution in [3.63, 3.8) is 0 Å². The van der Waals surface area contributed by atoms with Crippen molar-refractivity contribution in [2.24, 2.45) is 0 Å². The first kappa shape index (κ1) is 43.2. The van der Waals surface area contributed by atoms with E-state index in [0.29, 0.717) is 81.1 Å². The summed E-state index contributed by atoms with van der Waals surface area (Å²) in [5.74, 6) is -5.05. The highest BCUT2D eigenvalue weighted by molar-refractivity contribution is 6.02. The van der Waals surface area contributed by atoms with Gasteiger partial charge in [0.05, 0.1) is 31.2 Å². The van der Waals surface area contributed by atoms with Crippen LogP contribution in [0.1, 0.15) is 68.1 Å². The molecule has 328 valence electrons. The van der Waals surface area contributed by atoms with Crippen LogP contribution in [-0.4, -0.2) is 151 Å². The fourth-order valence-corrected chi connectivity index (χ4v) is 8.61. The molecule has 20 heteroatoms. The summed E-state index contributed by atoms with van der Waals surface area (Å²) in [5, 5.41) is 19.4. The summed E-state index contributed by atoms with van der Waals surface area (Å²) in [6, 6.07) is 4.08. The highest BCUT2D eigenvalue weighted by Crippen LogP contribution is 2.40. The van der Waals surface area contributed by atoms with E-state index in [1.54, 1.807) is 24.4 Å². The minimum atomic E-state index is -3.59. The number of methoxy groups -OCH3 is 1. The summed E-state index contributed by atoms with van der Waals surface area (Å²) in [4.78, 5) is 80.2. The molecule has 1 aromatic heterocycles. The number of carbonyl (C=O) groups excluding carboxylic acids is 5. The number of benzene rings is 1. The summed E-state index contributed by atoms with van der Waals surface area (Å²) in [5.41, 5.74) is 1.67. The Kier molecular flexibility index (Phi) is 13.3. The highest BCUT2D eigenvalue weighted by Gasteiger charge is 2.49. The summed E-state index contributed by atoms with van der Waals surface area (Å²) >= 11 is 0. The number of piperidine rings is 2. The van der Waals surface area contributed by atoms with Crippen molar-refractivity contribution in [2.75, 3.05) is 81.6 Å². The Morgan fingerprint density at radius 3 is 2.44 bits per heavy atom. The minimum absolute atomic E-state index is 0.0664. The maximum Gasteiger partial charge on any atom is 0.342 e. The number of aromatic nitrogens is 2. The number of rotatable bonds is 13. The van der Waals surface area contributed by atoms with E-state index >= 15 is 8.78 Å². The van der Waals surface area contributed by atoms with Crippen molar-refractivity contribution >= 4 is 58.9 Å². The summed E-state index contributed by atoms with van der Waals surface area (Å²) < 4.78 is 35.7. The summed E-state index contributed by atoms with van der Waals surface area (Å²) in [6.45, 7) is 3.67. The summed E-state index contributed by atoms with van der Waals surface area (Å²) in [6.07, 6.45) is 9.80. The Labute approximate surface area is 352 Å². The van der Waals surface area contributed by atoms with Crippen molar-refractivity contribution < 1.29 is 37.5 Å². The van der Waals surface area contributed by atoms with Gasteiger partial charge in [0.25, 0.3) is 11.8 Å². The second-order valence-corrected chi connectivity index (χ2v) is 16.2. The molecule has 0 bridgehead atoms. The Morgan fingerprint density at radius 2 is 1.75 bits per heavy atom. The second kappa shape index (κ2) is 18.8. The number of imide groups is 1. The van der Waals surface area contributed by atoms with E-state index in [-0.39, 0.29) is 59.6 Å². The normalized spacial score (nSPS) is 21.7. The van der Waals surface area contributed by atoms with Crippen LogP contribution in [0.5, 0.6) is 5.75 Å². The topological polar surface area (TPSA) is 209 Å². The molecule has 5 heterocycles. The average Bonchev–Trinajstić information content (AvgIpc) is 3.79. The molecule has 4 aliphatic heterocycles. The Bertz CT molecular complexity index is 2030. The van der Waals surface area contributed by atoms with E-state index in [0.717, 1.165) is 43.7 Å². The lowest BCUT2D eigenvalue weighted by Gasteiger charge is -2.37. The Balaban J connectivity index is 0.870. The van der Waals surface area contributed by atoms with E-state index in [2.05, 4.69) is 41.0 Å². The first-order valence-corrected chi connectivity index (χ1v) is 20.9. The molecule has 1 aromatic carbocycles. The van der Waals surface area contributed by atoms with E-state index in [1.165, 1.54) is 31.5 Å². The monoisotopic (exact) mass is 848 g/mol. The van der Waals surface area contributed by atoms with Crippen LogP contribution < -0.4 is 35.8 Å². The van der Waals surface area contributed by atoms with Crippen LogP contribution in [0.15, 0.2) is 36.3 Å². The van der Waals surface area contributed by atoms with Crippen molar-refractivity contribution in [3.05, 3.63) is 41.9 Å². The number of hydrogen-bond donors (Lipinski definition) is 5. The number of nitrogens with zero attached hydrogens (tertiary/aromatic N) is 7. The number of amides is 5. The third-order valence-corrected chi connectivity index (χ3v) is 12.2. The highest BCUT2D eigenvalue weighted by atomic mass is 19.3. The van der Waals surface area contributed by atoms with Gasteiger partial charge in [0.2, 0.25) is 23.7 Å². The van der Waals surface area contributed by atoms with Gasteiger partial charge in [-0.25, -0.2) is 4.98 Å². The molecule has 0 spiro atoms. The number of nitrogens with one attached hydrogen (secondary N) is 5. The quantitative estimate of drug-likeness (QED) is 0.145. The van der Waals surface area contributed by atoms with Crippen LogP contribution in [0.3, 0.4) is 0 Å². The number of hydrogen-bond acceptors (Lipinski definition) is 14. The molecular formula is C41H54F2N12O6. The standard InChI is InChI=1S/C41H54F2N12O6/c1-51-32-24-46-40(50-36(32)55(28-5-3-4-6-28)25-41(42,43)39(51)60)48-30-8-7-26(21-33(30)61-2)37(58)47-27-11-15-54(16-12-27)35(57)13-14-52-17-19-53(20-18-52)29(22-44)23-45-31-9-10-34(56)49-38(31)59/h7-8,21-24,27-28,31,44-45H,3-6,9-20,25H2,1-2H3,(H,47,58)(H,46,48,50)(H,49,56,59)/b29-23+,44-22?. The van der Waals surface area contributed by atoms with Gasteiger partial charge in [0.1, 0.15) is 17.5 Å². The molecule has 4 fully saturated rings. The lowest BCUT2D eigenvalue weighted by molar-refractivity contribution is -0.140. The molecule has 18 nitrogen and oxygen atoms in total. The first-order chi connectivity index (χ1) is 29.3. The largest absolute Gasteiger partial charge is 0.495 e. The second-order valence-electron chi connectivity index (χ2n) is 16.2. The fraction of sp³-hybridized carbons (Fsp3) is 0.561. The van der Waals surface area contributed by atoms with Crippen LogP contribution in [0.2, 0.25) is 0 Å². The molecule has 1 aliphatic carbocycles. The van der Waals surface area contributed by atoms with Gasteiger partial charge < -0.3 is 45.7 Å². The van der Waals surface area contributed by atoms with E-state index in [1.807, 2.05) is 4.90 Å². The number of piperazine rings is 1. The van der Waals surface area contributed by atoms with Gasteiger partial charge in [-0.2, -0.15) is 13.8 Å². The lowest BCUT2D eigenvalue weighted by Crippen LogP contribution is -2.50. The molecular weight excluding hydrogens is 795 g/mol. The first-order valence-electron chi connectivity index (χ1n) is 20.9. The number of fused-ring (bicyclic) bond motifs is 1. The predicted molar refractivity (Wildman–Crippen MR) is 222 cm³/mol. The number of allylic oxidation sites excluding steroid dienone is 1. The van der Waals surface area contributed by atoms with Gasteiger partial charge in [-0.05, 0) is 50.3 Å². The summed E-state index contributed by atoms with van der Waals surface area (Å²) in [7, 11) is 2.77. The zero-order valence-corrected chi connectivity index (χ0v) is 34.6. The molecule has 0 radical (unpaired) electrons. The number of anilines is 4. The molecule has 1 saturated carbocycles. The minimum Gasteiger partial charge on any atom is -0.495 e. The number of carbonyl (C=O) groups is 5. The average molecular weight is 849 g/mol. The van der Waals surface area contributed by atoms with Gasteiger partial charge >= 0.3 is 5.92 Å². The predicted octanol–water partition coefficient (Wildman–Crippen LogP) is 2.20. The molecule has 7 rings (SSSR count). The van der Waals surface area contributed by atoms with Gasteiger partial charge in [0.15, 0.2) is 5.82 Å². The number of ether oxygens (including phenoxy) is 1. The van der Waals surface area contributed by atoms with Crippen LogP contribution in [0.4, 0.5) is 31.9 Å². The number of alkyl halides is 2. The van der Waals surface area contributed by atoms with Crippen molar-refractivity contribution in [1.29, 1.82) is 5.41 Å². The van der Waals surface area contributed by atoms with Crippen molar-refractivity contribution in [1.82, 2.24) is 40.6 Å². The number of likely N-dealkylation sites (tertiary alicyclic amines) is 1. The molecule has 3 saturated heterocycles. The van der Waals surface area contributed by atoms with E-state index in [4.69, 9.17) is 10.1 Å². The van der Waals surface area contributed by atoms with Crippen molar-refractivity contribution in [3.8, 4) is 5.75 Å². The van der Waals surface area contributed by atoms with Gasteiger partial charge in [0, 0.05) is 95.8 Å². The van der Waals surface area contributed by atoms with Crippen molar-refractivity contribution in [2.45, 2.75) is 81.8 Å². The molecule has 5 aliphatic rings. The van der Waals surface area contributed by atoms with Crippen LogP contribution >= 0.6 is 0 Å².